The number of nitrogens with zero attached hydrogens (tertiary/aromatic N) is 2. The summed E-state index contributed by atoms with van der Waals surface area (Å²) in [6.45, 7) is 2.39. The fourth-order valence-electron chi connectivity index (χ4n) is 0.898. The van der Waals surface area contributed by atoms with Gasteiger partial charge in [0.05, 0.1) is 6.20 Å². The predicted molar refractivity (Wildman–Crippen MR) is 47.0 cm³/mol. The first-order valence-corrected chi connectivity index (χ1v) is 4.14. The molecule has 6 heteroatoms. The van der Waals surface area contributed by atoms with Crippen molar-refractivity contribution in [3.63, 3.8) is 0 Å². The monoisotopic (exact) mass is 183 g/mol. The Morgan fingerprint density at radius 2 is 2.62 bits per heavy atom. The van der Waals surface area contributed by atoms with Crippen molar-refractivity contribution in [2.75, 3.05) is 6.54 Å². The average Bonchev–Trinajstić information content (AvgIpc) is 2.66. The fraction of sp³-hybridized carbons (Fsp3) is 0.571. The number of nitrogens with one attached hydrogen (secondary N) is 2. The molecule has 0 aliphatic heterocycles. The molecule has 0 aromatic carbocycles. The number of hydrogen-bond acceptors (Lipinski definition) is 4. The maximum absolute atomic E-state index is 11.3. The number of rotatable bonds is 4. The van der Waals surface area contributed by atoms with Gasteiger partial charge in [-0.2, -0.15) is 15.4 Å². The molecular weight excluding hydrogens is 170 g/mol. The molecule has 0 radical (unpaired) electrons. The Labute approximate surface area is 75.9 Å². The molecule has 0 spiro atoms. The molecule has 13 heavy (non-hydrogen) atoms. The van der Waals surface area contributed by atoms with Crippen LogP contribution in [0.15, 0.2) is 6.20 Å². The summed E-state index contributed by atoms with van der Waals surface area (Å²) >= 11 is 0. The topological polar surface area (TPSA) is 96.7 Å². The van der Waals surface area contributed by atoms with Crippen molar-refractivity contribution in [3.8, 4) is 0 Å². The third-order valence-electron chi connectivity index (χ3n) is 1.76. The lowest BCUT2D eigenvalue weighted by atomic mass is 10.2. The number of carbonyl (C=O) groups excluding carboxylic acids is 1. The largest absolute Gasteiger partial charge is 0.347 e. The third kappa shape index (κ3) is 2.51. The van der Waals surface area contributed by atoms with Crippen LogP contribution in [0.1, 0.15) is 23.8 Å². The molecule has 1 atom stereocenters. The lowest BCUT2D eigenvalue weighted by Gasteiger charge is -2.12. The van der Waals surface area contributed by atoms with Gasteiger partial charge in [-0.1, -0.05) is 6.92 Å². The van der Waals surface area contributed by atoms with Gasteiger partial charge in [0.15, 0.2) is 5.69 Å². The number of nitrogens with two attached hydrogens (primary N) is 1. The van der Waals surface area contributed by atoms with E-state index in [1.165, 1.54) is 6.20 Å². The highest BCUT2D eigenvalue weighted by Crippen LogP contribution is 1.92. The zero-order chi connectivity index (χ0) is 9.68. The first kappa shape index (κ1) is 9.66. The molecule has 0 aliphatic carbocycles. The Morgan fingerprint density at radius 1 is 1.85 bits per heavy atom. The number of amides is 1. The van der Waals surface area contributed by atoms with Crippen LogP contribution in [0, 0.1) is 0 Å². The maximum atomic E-state index is 11.3. The van der Waals surface area contributed by atoms with Crippen LogP contribution >= 0.6 is 0 Å². The number of carbonyl (C=O) groups is 1. The molecule has 1 aromatic heterocycles. The van der Waals surface area contributed by atoms with Crippen LogP contribution in [0.25, 0.3) is 0 Å². The SMILES string of the molecule is CCC(CN)NC(=O)c1cn[nH]n1. The molecule has 0 aliphatic rings. The predicted octanol–water partition coefficient (Wildman–Crippen LogP) is -0.728. The maximum Gasteiger partial charge on any atom is 0.273 e. The van der Waals surface area contributed by atoms with E-state index < -0.39 is 0 Å². The Hall–Kier alpha value is -1.43. The first-order chi connectivity index (χ1) is 6.27. The van der Waals surface area contributed by atoms with Gasteiger partial charge in [-0.05, 0) is 6.42 Å². The number of aromatic amines is 1. The molecule has 1 heterocycles. The molecule has 0 bridgehead atoms. The Kier molecular flexibility index (Phi) is 3.39. The summed E-state index contributed by atoms with van der Waals surface area (Å²) in [5, 5.41) is 12.3. The lowest BCUT2D eigenvalue weighted by molar-refractivity contribution is 0.0932. The van der Waals surface area contributed by atoms with E-state index in [0.29, 0.717) is 6.54 Å². The lowest BCUT2D eigenvalue weighted by Crippen LogP contribution is -2.39. The van der Waals surface area contributed by atoms with Gasteiger partial charge in [0.1, 0.15) is 0 Å². The van der Waals surface area contributed by atoms with E-state index >= 15 is 0 Å². The van der Waals surface area contributed by atoms with E-state index in [1.807, 2.05) is 6.92 Å². The van der Waals surface area contributed by atoms with Gasteiger partial charge in [-0.25, -0.2) is 0 Å². The van der Waals surface area contributed by atoms with Gasteiger partial charge in [-0.3, -0.25) is 4.79 Å². The highest BCUT2D eigenvalue weighted by Gasteiger charge is 2.12. The van der Waals surface area contributed by atoms with Crippen molar-refractivity contribution in [1.29, 1.82) is 0 Å². The number of H-pyrrole nitrogens is 1. The first-order valence-electron chi connectivity index (χ1n) is 4.14. The van der Waals surface area contributed by atoms with Crippen molar-refractivity contribution < 1.29 is 4.79 Å². The standard InChI is InChI=1S/C7H13N5O/c1-2-5(3-8)10-7(13)6-4-9-12-11-6/h4-5H,2-3,8H2,1H3,(H,10,13)(H,9,11,12). The van der Waals surface area contributed by atoms with Crippen LogP contribution in [-0.2, 0) is 0 Å². The number of aromatic nitrogens is 3. The van der Waals surface area contributed by atoms with Gasteiger partial charge >= 0.3 is 0 Å². The van der Waals surface area contributed by atoms with Crippen LogP contribution in [-0.4, -0.2) is 33.9 Å². The normalized spacial score (nSPS) is 12.5. The average molecular weight is 183 g/mol. The molecule has 0 saturated heterocycles. The molecule has 1 aromatic rings. The highest BCUT2D eigenvalue weighted by atomic mass is 16.2. The quantitative estimate of drug-likeness (QED) is 0.573. The highest BCUT2D eigenvalue weighted by molar-refractivity contribution is 5.91. The van der Waals surface area contributed by atoms with Gasteiger partial charge < -0.3 is 11.1 Å². The summed E-state index contributed by atoms with van der Waals surface area (Å²) in [5.41, 5.74) is 5.71. The van der Waals surface area contributed by atoms with Crippen LogP contribution in [0.2, 0.25) is 0 Å². The van der Waals surface area contributed by atoms with Crippen molar-refractivity contribution in [2.24, 2.45) is 5.73 Å². The van der Waals surface area contributed by atoms with Gasteiger partial charge in [0.25, 0.3) is 5.91 Å². The molecule has 72 valence electrons. The second-order valence-electron chi connectivity index (χ2n) is 2.67. The summed E-state index contributed by atoms with van der Waals surface area (Å²) in [7, 11) is 0. The van der Waals surface area contributed by atoms with E-state index in [0.717, 1.165) is 6.42 Å². The zero-order valence-electron chi connectivity index (χ0n) is 7.45. The molecule has 1 unspecified atom stereocenters. The van der Waals surface area contributed by atoms with E-state index in [-0.39, 0.29) is 17.6 Å². The van der Waals surface area contributed by atoms with Crippen LogP contribution < -0.4 is 11.1 Å². The van der Waals surface area contributed by atoms with E-state index in [9.17, 15) is 4.79 Å². The molecule has 0 saturated carbocycles. The summed E-state index contributed by atoms with van der Waals surface area (Å²) in [6, 6.07) is 0.00389. The Morgan fingerprint density at radius 3 is 3.08 bits per heavy atom. The van der Waals surface area contributed by atoms with Gasteiger partial charge in [0, 0.05) is 12.6 Å². The molecule has 1 amide bonds. The van der Waals surface area contributed by atoms with Crippen molar-refractivity contribution in [3.05, 3.63) is 11.9 Å². The molecule has 0 fully saturated rings. The Balaban J connectivity index is 2.50. The Bertz CT molecular complexity index is 254. The van der Waals surface area contributed by atoms with Gasteiger partial charge in [0.2, 0.25) is 0 Å². The van der Waals surface area contributed by atoms with Crippen LogP contribution in [0.4, 0.5) is 0 Å². The molecular formula is C7H13N5O. The van der Waals surface area contributed by atoms with Gasteiger partial charge in [-0.15, -0.1) is 0 Å². The second kappa shape index (κ2) is 4.56. The molecule has 6 nitrogen and oxygen atoms in total. The van der Waals surface area contributed by atoms with Crippen LogP contribution in [0.5, 0.6) is 0 Å². The summed E-state index contributed by atoms with van der Waals surface area (Å²) in [6.07, 6.45) is 2.18. The van der Waals surface area contributed by atoms with Crippen LogP contribution in [0.3, 0.4) is 0 Å². The molecule has 4 N–H and O–H groups in total. The van der Waals surface area contributed by atoms with E-state index in [2.05, 4.69) is 20.7 Å². The zero-order valence-corrected chi connectivity index (χ0v) is 7.45. The summed E-state index contributed by atoms with van der Waals surface area (Å²) < 4.78 is 0. The molecule has 1 rings (SSSR count). The minimum absolute atomic E-state index is 0.00389. The summed E-state index contributed by atoms with van der Waals surface area (Å²) in [5.74, 6) is -0.244. The minimum atomic E-state index is -0.244. The summed E-state index contributed by atoms with van der Waals surface area (Å²) in [4.78, 5) is 11.3. The smallest absolute Gasteiger partial charge is 0.273 e. The van der Waals surface area contributed by atoms with Crippen molar-refractivity contribution in [2.45, 2.75) is 19.4 Å². The fourth-order valence-corrected chi connectivity index (χ4v) is 0.898. The van der Waals surface area contributed by atoms with E-state index in [4.69, 9.17) is 5.73 Å². The third-order valence-corrected chi connectivity index (χ3v) is 1.76. The second-order valence-corrected chi connectivity index (χ2v) is 2.67. The minimum Gasteiger partial charge on any atom is -0.347 e. The van der Waals surface area contributed by atoms with E-state index in [1.54, 1.807) is 0 Å². The number of hydrogen-bond donors (Lipinski definition) is 3. The van der Waals surface area contributed by atoms with Crippen molar-refractivity contribution >= 4 is 5.91 Å². The van der Waals surface area contributed by atoms with Crippen molar-refractivity contribution in [1.82, 2.24) is 20.7 Å².